The molecule has 0 aliphatic carbocycles. The van der Waals surface area contributed by atoms with Crippen LogP contribution >= 0.6 is 47.0 Å². The standard InChI is InChI=1S/C27H29NO4S5/c1-7-15(4)17-10-12-18(13-11-17)37(29,30)19(14-28)27-35-24-20(31-5)22-23(21(32-6)25(24)36-27)34-26(33-22)16(8-2)9-3/h10-13,15H,7-9H2,1-6H3. The third kappa shape index (κ3) is 5.06. The third-order valence-corrected chi connectivity index (χ3v) is 13.8. The molecule has 0 amide bonds. The summed E-state index contributed by atoms with van der Waals surface area (Å²) in [6, 6.07) is 8.85. The van der Waals surface area contributed by atoms with Crippen molar-refractivity contribution in [2.75, 3.05) is 14.2 Å². The Bertz CT molecular complexity index is 1380. The topological polar surface area (TPSA) is 76.4 Å². The summed E-state index contributed by atoms with van der Waals surface area (Å²) < 4.78 is 40.5. The Labute approximate surface area is 236 Å². The van der Waals surface area contributed by atoms with Crippen molar-refractivity contribution in [1.82, 2.24) is 0 Å². The van der Waals surface area contributed by atoms with E-state index in [0.717, 1.165) is 44.4 Å². The zero-order chi connectivity index (χ0) is 26.9. The highest BCUT2D eigenvalue weighted by Gasteiger charge is 2.39. The summed E-state index contributed by atoms with van der Waals surface area (Å²) in [6.07, 6.45) is 2.91. The van der Waals surface area contributed by atoms with E-state index < -0.39 is 9.84 Å². The smallest absolute Gasteiger partial charge is 0.218 e. The molecule has 1 unspecified atom stereocenters. The van der Waals surface area contributed by atoms with Crippen LogP contribution < -0.4 is 9.47 Å². The second-order valence-electron chi connectivity index (χ2n) is 8.50. The van der Waals surface area contributed by atoms with Crippen molar-refractivity contribution in [2.45, 2.75) is 77.4 Å². The minimum absolute atomic E-state index is 0.120. The zero-order valence-electron chi connectivity index (χ0n) is 21.6. The lowest BCUT2D eigenvalue weighted by Crippen LogP contribution is -2.05. The molecule has 4 rings (SSSR count). The first-order valence-electron chi connectivity index (χ1n) is 12.0. The van der Waals surface area contributed by atoms with Crippen LogP contribution in [0, 0.1) is 11.3 Å². The maximum atomic E-state index is 13.6. The highest BCUT2D eigenvalue weighted by Crippen LogP contribution is 2.68. The van der Waals surface area contributed by atoms with Crippen LogP contribution in [0.5, 0.6) is 11.5 Å². The Morgan fingerprint density at radius 2 is 1.32 bits per heavy atom. The number of allylic oxidation sites excluding steroid dienone is 2. The van der Waals surface area contributed by atoms with E-state index in [9.17, 15) is 13.7 Å². The van der Waals surface area contributed by atoms with Crippen LogP contribution in [0.25, 0.3) is 0 Å². The summed E-state index contributed by atoms with van der Waals surface area (Å²) in [5, 5.41) is 10.0. The molecule has 0 spiro atoms. The second kappa shape index (κ2) is 11.6. The summed E-state index contributed by atoms with van der Waals surface area (Å²) in [5.74, 6) is 1.73. The van der Waals surface area contributed by atoms with Gasteiger partial charge in [-0.05, 0) is 42.9 Å². The lowest BCUT2D eigenvalue weighted by Gasteiger charge is -2.14. The molecule has 10 heteroatoms. The largest absolute Gasteiger partial charge is 0.494 e. The van der Waals surface area contributed by atoms with E-state index in [2.05, 4.69) is 27.7 Å². The summed E-state index contributed by atoms with van der Waals surface area (Å²) in [4.78, 5) is 3.41. The number of methoxy groups -OCH3 is 2. The molecular weight excluding hydrogens is 563 g/mol. The fourth-order valence-corrected chi connectivity index (χ4v) is 11.8. The van der Waals surface area contributed by atoms with Crippen molar-refractivity contribution in [3.05, 3.63) is 48.8 Å². The van der Waals surface area contributed by atoms with Gasteiger partial charge < -0.3 is 9.47 Å². The summed E-state index contributed by atoms with van der Waals surface area (Å²) >= 11 is 5.89. The van der Waals surface area contributed by atoms with Crippen LogP contribution in [-0.4, -0.2) is 22.6 Å². The number of sulfone groups is 1. The van der Waals surface area contributed by atoms with Gasteiger partial charge in [0, 0.05) is 4.24 Å². The summed E-state index contributed by atoms with van der Waals surface area (Å²) in [5.41, 5.74) is 2.46. The highest BCUT2D eigenvalue weighted by molar-refractivity contribution is 8.26. The van der Waals surface area contributed by atoms with Crippen LogP contribution in [0.2, 0.25) is 0 Å². The Morgan fingerprint density at radius 1 is 0.865 bits per heavy atom. The highest BCUT2D eigenvalue weighted by atomic mass is 32.2. The van der Waals surface area contributed by atoms with Crippen molar-refractivity contribution < 1.29 is 17.9 Å². The van der Waals surface area contributed by atoms with Crippen LogP contribution in [0.4, 0.5) is 0 Å². The van der Waals surface area contributed by atoms with E-state index in [1.165, 1.54) is 33.3 Å². The fraction of sp³-hybridized carbons (Fsp3) is 0.370. The Hall–Kier alpha value is -1.64. The summed E-state index contributed by atoms with van der Waals surface area (Å²) in [6.45, 7) is 8.52. The van der Waals surface area contributed by atoms with Gasteiger partial charge >= 0.3 is 0 Å². The molecule has 2 aliphatic rings. The normalized spacial score (nSPS) is 15.2. The van der Waals surface area contributed by atoms with Gasteiger partial charge in [0.15, 0.2) is 4.91 Å². The Morgan fingerprint density at radius 3 is 1.70 bits per heavy atom. The molecule has 0 saturated heterocycles. The fourth-order valence-electron chi connectivity index (χ4n) is 4.09. The van der Waals surface area contributed by atoms with Gasteiger partial charge in [-0.25, -0.2) is 8.42 Å². The van der Waals surface area contributed by atoms with Crippen molar-refractivity contribution in [1.29, 1.82) is 5.26 Å². The van der Waals surface area contributed by atoms with Gasteiger partial charge in [0.2, 0.25) is 9.84 Å². The predicted octanol–water partition coefficient (Wildman–Crippen LogP) is 8.81. The van der Waals surface area contributed by atoms with Crippen LogP contribution in [0.3, 0.4) is 0 Å². The molecule has 2 aromatic rings. The van der Waals surface area contributed by atoms with E-state index in [1.54, 1.807) is 49.9 Å². The maximum Gasteiger partial charge on any atom is 0.218 e. The number of benzene rings is 2. The molecule has 2 heterocycles. The van der Waals surface area contributed by atoms with Crippen LogP contribution in [0.1, 0.15) is 58.4 Å². The van der Waals surface area contributed by atoms with E-state index in [4.69, 9.17) is 9.47 Å². The maximum absolute atomic E-state index is 13.6. The van der Waals surface area contributed by atoms with Crippen molar-refractivity contribution in [2.24, 2.45) is 0 Å². The predicted molar refractivity (Wildman–Crippen MR) is 156 cm³/mol. The number of ether oxygens (including phenoxy) is 2. The van der Waals surface area contributed by atoms with Gasteiger partial charge in [0.1, 0.15) is 17.6 Å². The molecule has 0 N–H and O–H groups in total. The first kappa shape index (κ1) is 28.4. The summed E-state index contributed by atoms with van der Waals surface area (Å²) in [7, 11) is -0.745. The number of nitriles is 1. The molecule has 2 aliphatic heterocycles. The quantitative estimate of drug-likeness (QED) is 0.280. The molecule has 0 bridgehead atoms. The number of nitrogens with zero attached hydrogens (tertiary/aromatic N) is 1. The zero-order valence-corrected chi connectivity index (χ0v) is 25.7. The van der Waals surface area contributed by atoms with Gasteiger partial charge in [-0.2, -0.15) is 5.26 Å². The minimum Gasteiger partial charge on any atom is -0.494 e. The van der Waals surface area contributed by atoms with Gasteiger partial charge in [-0.3, -0.25) is 0 Å². The molecule has 0 aromatic heterocycles. The van der Waals surface area contributed by atoms with Gasteiger partial charge in [0.25, 0.3) is 0 Å². The van der Waals surface area contributed by atoms with Gasteiger partial charge in [-0.15, -0.1) is 0 Å². The first-order chi connectivity index (χ1) is 17.7. The molecular formula is C27H29NO4S5. The molecule has 0 radical (unpaired) electrons. The number of thioether (sulfide) groups is 4. The molecule has 0 saturated carbocycles. The molecule has 196 valence electrons. The average Bonchev–Trinajstić information content (AvgIpc) is 3.52. The molecule has 0 fully saturated rings. The number of hydrogen-bond acceptors (Lipinski definition) is 9. The number of rotatable bonds is 8. The van der Waals surface area contributed by atoms with Crippen molar-refractivity contribution >= 4 is 56.9 Å². The first-order valence-corrected chi connectivity index (χ1v) is 16.7. The van der Waals surface area contributed by atoms with E-state index in [0.29, 0.717) is 21.7 Å². The lowest BCUT2D eigenvalue weighted by molar-refractivity contribution is 0.365. The molecule has 2 aromatic carbocycles. The minimum atomic E-state index is -4.00. The second-order valence-corrected chi connectivity index (χ2v) is 15.0. The van der Waals surface area contributed by atoms with Gasteiger partial charge in [0.05, 0.1) is 42.9 Å². The van der Waals surface area contributed by atoms with Crippen molar-refractivity contribution in [3.8, 4) is 17.6 Å². The molecule has 5 nitrogen and oxygen atoms in total. The van der Waals surface area contributed by atoms with Gasteiger partial charge in [-0.1, -0.05) is 92.4 Å². The SMILES string of the molecule is CCC(CC)=C1Sc2c(OC)c3c(c(OC)c2S1)SC(=C(C#N)S(=O)(=O)c1ccc(C(C)CC)cc1)S3. The monoisotopic (exact) mass is 591 g/mol. The number of fused-ring (bicyclic) bond motifs is 2. The van der Waals surface area contributed by atoms with Crippen LogP contribution in [-0.2, 0) is 9.84 Å². The Kier molecular flexibility index (Phi) is 8.91. The third-order valence-electron chi connectivity index (χ3n) is 6.49. The van der Waals surface area contributed by atoms with E-state index >= 15 is 0 Å². The molecule has 37 heavy (non-hydrogen) atoms. The molecule has 1 atom stereocenters. The average molecular weight is 592 g/mol. The van der Waals surface area contributed by atoms with E-state index in [-0.39, 0.29) is 9.80 Å². The number of hydrogen-bond donors (Lipinski definition) is 0. The van der Waals surface area contributed by atoms with E-state index in [1.807, 2.05) is 18.2 Å². The lowest BCUT2D eigenvalue weighted by atomic mass is 9.99. The Balaban J connectivity index is 1.80. The van der Waals surface area contributed by atoms with Crippen LogP contribution in [0.15, 0.2) is 67.7 Å². The van der Waals surface area contributed by atoms with Crippen molar-refractivity contribution in [3.63, 3.8) is 0 Å².